The summed E-state index contributed by atoms with van der Waals surface area (Å²) in [6, 6.07) is 9.70. The van der Waals surface area contributed by atoms with E-state index in [1.807, 2.05) is 0 Å². The summed E-state index contributed by atoms with van der Waals surface area (Å²) < 4.78 is 65.6. The van der Waals surface area contributed by atoms with Gasteiger partial charge in [-0.3, -0.25) is 5.32 Å². The van der Waals surface area contributed by atoms with E-state index in [1.165, 1.54) is 50.4 Å². The Labute approximate surface area is 197 Å². The van der Waals surface area contributed by atoms with Gasteiger partial charge < -0.3 is 9.47 Å². The van der Waals surface area contributed by atoms with Crippen LogP contribution in [0.4, 0.5) is 13.6 Å². The number of benzene rings is 2. The van der Waals surface area contributed by atoms with Crippen molar-refractivity contribution in [3.8, 4) is 5.75 Å². The number of aliphatic imine (C=N–C) groups is 1. The van der Waals surface area contributed by atoms with E-state index >= 15 is 0 Å². The van der Waals surface area contributed by atoms with Crippen LogP contribution in [0.15, 0.2) is 47.5 Å². The molecule has 0 spiro atoms. The molecule has 1 atom stereocenters. The van der Waals surface area contributed by atoms with Crippen molar-refractivity contribution < 1.29 is 31.5 Å². The normalized spacial score (nSPS) is 19.9. The highest BCUT2D eigenvalue weighted by atomic mass is 32.2. The van der Waals surface area contributed by atoms with Crippen molar-refractivity contribution >= 4 is 22.1 Å². The minimum atomic E-state index is -3.95. The van der Waals surface area contributed by atoms with E-state index in [4.69, 9.17) is 9.47 Å². The molecule has 1 N–H and O–H groups in total. The maximum atomic E-state index is 14.9. The fourth-order valence-corrected chi connectivity index (χ4v) is 4.83. The molecule has 0 aliphatic carbocycles. The van der Waals surface area contributed by atoms with Crippen molar-refractivity contribution in [2.45, 2.75) is 45.4 Å². The number of halogens is 2. The Kier molecular flexibility index (Phi) is 6.88. The Morgan fingerprint density at radius 2 is 1.91 bits per heavy atom. The predicted molar refractivity (Wildman–Crippen MR) is 123 cm³/mol. The number of hydrogen-bond acceptors (Lipinski definition) is 6. The highest BCUT2D eigenvalue weighted by Crippen LogP contribution is 2.34. The lowest BCUT2D eigenvalue weighted by Crippen LogP contribution is -2.54. The number of carbonyl (C=O) groups is 1. The lowest BCUT2D eigenvalue weighted by molar-refractivity contribution is 0.0559. The molecule has 184 valence electrons. The van der Waals surface area contributed by atoms with Crippen molar-refractivity contribution in [1.82, 2.24) is 9.62 Å². The van der Waals surface area contributed by atoms with Gasteiger partial charge in [0.2, 0.25) is 16.0 Å². The number of nitrogens with zero attached hydrogens (tertiary/aromatic N) is 2. The first-order valence-corrected chi connectivity index (χ1v) is 12.0. The summed E-state index contributed by atoms with van der Waals surface area (Å²) in [6.45, 7) is 6.43. The molecule has 0 aromatic heterocycles. The number of carbonyl (C=O) groups excluding carboxylic acids is 1. The average molecular weight is 496 g/mol. The second-order valence-corrected chi connectivity index (χ2v) is 11.1. The van der Waals surface area contributed by atoms with E-state index in [1.54, 1.807) is 26.8 Å². The van der Waals surface area contributed by atoms with Gasteiger partial charge in [-0.1, -0.05) is 12.1 Å². The zero-order valence-corrected chi connectivity index (χ0v) is 20.4. The van der Waals surface area contributed by atoms with Gasteiger partial charge in [-0.25, -0.2) is 31.3 Å². The molecule has 1 aliphatic heterocycles. The SMILES string of the molecule is CN1C(NC(=O)OC(C)(C)C)=N[C@](C)(c2cc(COc3cccc(F)c3)ccc2F)CS1(=O)=O. The Morgan fingerprint density at radius 3 is 2.56 bits per heavy atom. The lowest BCUT2D eigenvalue weighted by Gasteiger charge is -2.36. The predicted octanol–water partition coefficient (Wildman–Crippen LogP) is 3.91. The van der Waals surface area contributed by atoms with Gasteiger partial charge >= 0.3 is 6.09 Å². The summed E-state index contributed by atoms with van der Waals surface area (Å²) in [5.74, 6) is -1.65. The summed E-state index contributed by atoms with van der Waals surface area (Å²) in [5.41, 5.74) is -1.83. The van der Waals surface area contributed by atoms with Gasteiger partial charge in [-0.15, -0.1) is 0 Å². The number of alkyl carbamates (subject to hydrolysis) is 1. The van der Waals surface area contributed by atoms with Gasteiger partial charge in [0.25, 0.3) is 0 Å². The average Bonchev–Trinajstić information content (AvgIpc) is 2.69. The van der Waals surface area contributed by atoms with Crippen LogP contribution in [-0.2, 0) is 26.9 Å². The molecule has 2 aromatic carbocycles. The molecular weight excluding hydrogens is 468 g/mol. The van der Waals surface area contributed by atoms with E-state index in [0.717, 1.165) is 4.31 Å². The molecule has 1 amide bonds. The molecule has 8 nitrogen and oxygen atoms in total. The number of rotatable bonds is 4. The summed E-state index contributed by atoms with van der Waals surface area (Å²) in [5, 5.41) is 2.34. The fourth-order valence-electron chi connectivity index (χ4n) is 3.36. The zero-order valence-electron chi connectivity index (χ0n) is 19.6. The minimum absolute atomic E-state index is 0.00741. The van der Waals surface area contributed by atoms with Crippen molar-refractivity contribution in [3.63, 3.8) is 0 Å². The molecule has 0 saturated heterocycles. The van der Waals surface area contributed by atoms with Gasteiger partial charge in [0.15, 0.2) is 0 Å². The molecule has 34 heavy (non-hydrogen) atoms. The third-order valence-corrected chi connectivity index (χ3v) is 6.89. The van der Waals surface area contributed by atoms with E-state index in [2.05, 4.69) is 10.3 Å². The molecule has 2 aromatic rings. The van der Waals surface area contributed by atoms with E-state index in [9.17, 15) is 22.0 Å². The summed E-state index contributed by atoms with van der Waals surface area (Å²) in [4.78, 5) is 16.6. The number of nitrogens with one attached hydrogen (secondary N) is 1. The maximum absolute atomic E-state index is 14.9. The molecule has 0 saturated carbocycles. The maximum Gasteiger partial charge on any atom is 0.414 e. The van der Waals surface area contributed by atoms with E-state index in [0.29, 0.717) is 11.3 Å². The molecule has 0 fully saturated rings. The third kappa shape index (κ3) is 6.02. The smallest absolute Gasteiger partial charge is 0.414 e. The van der Waals surface area contributed by atoms with Crippen LogP contribution in [-0.4, -0.2) is 43.2 Å². The van der Waals surface area contributed by atoms with Gasteiger partial charge in [-0.2, -0.15) is 0 Å². The Morgan fingerprint density at radius 1 is 1.21 bits per heavy atom. The summed E-state index contributed by atoms with van der Waals surface area (Å²) in [6.07, 6.45) is -0.893. The Bertz CT molecular complexity index is 1230. The number of sulfonamides is 1. The highest BCUT2D eigenvalue weighted by Gasteiger charge is 2.43. The molecule has 1 aliphatic rings. The summed E-state index contributed by atoms with van der Waals surface area (Å²) >= 11 is 0. The van der Waals surface area contributed by atoms with Gasteiger partial charge in [0, 0.05) is 18.7 Å². The zero-order chi connectivity index (χ0) is 25.3. The van der Waals surface area contributed by atoms with Crippen LogP contribution in [0.25, 0.3) is 0 Å². The fraction of sp³-hybridized carbons (Fsp3) is 0.391. The Hall–Kier alpha value is -3.21. The van der Waals surface area contributed by atoms with Crippen LogP contribution >= 0.6 is 0 Å². The minimum Gasteiger partial charge on any atom is -0.489 e. The lowest BCUT2D eigenvalue weighted by atomic mass is 9.92. The van der Waals surface area contributed by atoms with Gasteiger partial charge in [0.05, 0.1) is 5.75 Å². The number of guanidine groups is 1. The largest absolute Gasteiger partial charge is 0.489 e. The molecule has 0 radical (unpaired) electrons. The highest BCUT2D eigenvalue weighted by molar-refractivity contribution is 7.89. The monoisotopic (exact) mass is 495 g/mol. The molecule has 3 rings (SSSR count). The first kappa shape index (κ1) is 25.4. The van der Waals surface area contributed by atoms with Crippen LogP contribution in [0.2, 0.25) is 0 Å². The first-order valence-electron chi connectivity index (χ1n) is 10.4. The van der Waals surface area contributed by atoms with Crippen molar-refractivity contribution in [3.05, 3.63) is 65.2 Å². The first-order chi connectivity index (χ1) is 15.7. The molecule has 0 bridgehead atoms. The Balaban J connectivity index is 1.93. The van der Waals surface area contributed by atoms with E-state index in [-0.39, 0.29) is 18.1 Å². The third-order valence-electron chi connectivity index (χ3n) is 4.96. The molecule has 11 heteroatoms. The standard InChI is InChI=1S/C23H27F2N3O5S/c1-22(2,3)33-21(29)26-20-27-23(4,14-34(30,31)28(20)5)18-11-15(9-10-19(18)25)13-32-17-8-6-7-16(24)12-17/h6-12H,13-14H2,1-5H3,(H,26,27,29)/t23-/m0/s1. The van der Waals surface area contributed by atoms with Gasteiger partial charge in [0.1, 0.15) is 35.1 Å². The topological polar surface area (TPSA) is 97.3 Å². The second-order valence-electron chi connectivity index (χ2n) is 9.12. The van der Waals surface area contributed by atoms with Crippen LogP contribution < -0.4 is 10.1 Å². The summed E-state index contributed by atoms with van der Waals surface area (Å²) in [7, 11) is -2.71. The second kappa shape index (κ2) is 9.21. The molecule has 0 unspecified atom stereocenters. The number of ether oxygens (including phenoxy) is 2. The van der Waals surface area contributed by atoms with Crippen molar-refractivity contribution in [1.29, 1.82) is 0 Å². The number of hydrogen-bond donors (Lipinski definition) is 1. The van der Waals surface area contributed by atoms with Crippen LogP contribution in [0.1, 0.15) is 38.8 Å². The molecule has 1 heterocycles. The quantitative estimate of drug-likeness (QED) is 0.694. The number of amides is 1. The van der Waals surface area contributed by atoms with Gasteiger partial charge in [-0.05, 0) is 57.5 Å². The van der Waals surface area contributed by atoms with Crippen LogP contribution in [0.3, 0.4) is 0 Å². The van der Waals surface area contributed by atoms with Crippen LogP contribution in [0.5, 0.6) is 5.75 Å². The van der Waals surface area contributed by atoms with E-state index < -0.39 is 44.6 Å². The molecular formula is C23H27F2N3O5S. The van der Waals surface area contributed by atoms with Crippen LogP contribution in [0, 0.1) is 11.6 Å². The van der Waals surface area contributed by atoms with Crippen molar-refractivity contribution in [2.75, 3.05) is 12.8 Å². The van der Waals surface area contributed by atoms with Crippen molar-refractivity contribution in [2.24, 2.45) is 4.99 Å².